The first-order valence-electron chi connectivity index (χ1n) is 7.48. The highest BCUT2D eigenvalue weighted by atomic mass is 35.5. The monoisotopic (exact) mass is 288 g/mol. The summed E-state index contributed by atoms with van der Waals surface area (Å²) >= 11 is 5.88. The fraction of sp³-hybridized carbons (Fsp3) is 0.471. The highest BCUT2D eigenvalue weighted by Gasteiger charge is 2.19. The van der Waals surface area contributed by atoms with Crippen molar-refractivity contribution >= 4 is 22.5 Å². The van der Waals surface area contributed by atoms with Crippen LogP contribution in [0.5, 0.6) is 0 Å². The van der Waals surface area contributed by atoms with E-state index >= 15 is 0 Å². The molecular formula is C17H21ClN2. The predicted molar refractivity (Wildman–Crippen MR) is 85.1 cm³/mol. The molecule has 3 heteroatoms. The topological polar surface area (TPSA) is 16.1 Å². The van der Waals surface area contributed by atoms with Crippen LogP contribution in [0.25, 0.3) is 10.9 Å². The molecule has 0 aliphatic carbocycles. The number of halogens is 1. The molecule has 1 aliphatic heterocycles. The van der Waals surface area contributed by atoms with Gasteiger partial charge in [0.25, 0.3) is 0 Å². The van der Waals surface area contributed by atoms with Crippen molar-refractivity contribution < 1.29 is 0 Å². The number of piperidine rings is 1. The van der Waals surface area contributed by atoms with Gasteiger partial charge in [0.2, 0.25) is 0 Å². The zero-order chi connectivity index (χ0) is 13.8. The molecule has 0 amide bonds. The molecule has 1 saturated heterocycles. The van der Waals surface area contributed by atoms with Gasteiger partial charge < -0.3 is 0 Å². The summed E-state index contributed by atoms with van der Waals surface area (Å²) in [6, 6.07) is 12.7. The van der Waals surface area contributed by atoms with Crippen LogP contribution < -0.4 is 0 Å². The van der Waals surface area contributed by atoms with E-state index < -0.39 is 0 Å². The molecule has 0 saturated carbocycles. The Morgan fingerprint density at radius 3 is 3.00 bits per heavy atom. The quantitative estimate of drug-likeness (QED) is 0.788. The second kappa shape index (κ2) is 6.55. The average molecular weight is 289 g/mol. The standard InChI is InChI=1S/C17H21ClN2/c18-10-9-14-4-3-11-20(12-14)13-16-8-7-15-5-1-2-6-17(15)19-16/h1-2,5-8,14H,3-4,9-13H2. The predicted octanol–water partition coefficient (Wildman–Crippen LogP) is 4.08. The fourth-order valence-electron chi connectivity index (χ4n) is 3.11. The number of pyridine rings is 1. The van der Waals surface area contributed by atoms with Crippen LogP contribution in [-0.4, -0.2) is 28.9 Å². The summed E-state index contributed by atoms with van der Waals surface area (Å²) in [6.45, 7) is 3.32. The summed E-state index contributed by atoms with van der Waals surface area (Å²) in [5, 5.41) is 1.22. The lowest BCUT2D eigenvalue weighted by Crippen LogP contribution is -2.35. The number of para-hydroxylation sites is 1. The SMILES string of the molecule is ClCCC1CCCN(Cc2ccc3ccccc3n2)C1. The lowest BCUT2D eigenvalue weighted by Gasteiger charge is -2.32. The van der Waals surface area contributed by atoms with Gasteiger partial charge in [0.1, 0.15) is 0 Å². The maximum atomic E-state index is 5.88. The first kappa shape index (κ1) is 13.8. The Morgan fingerprint density at radius 1 is 1.20 bits per heavy atom. The molecule has 2 nitrogen and oxygen atoms in total. The highest BCUT2D eigenvalue weighted by molar-refractivity contribution is 6.17. The molecular weight excluding hydrogens is 268 g/mol. The van der Waals surface area contributed by atoms with Gasteiger partial charge in [-0.25, -0.2) is 0 Å². The second-order valence-corrected chi connectivity index (χ2v) is 6.09. The minimum absolute atomic E-state index is 0.765. The molecule has 1 unspecified atom stereocenters. The third kappa shape index (κ3) is 3.31. The van der Waals surface area contributed by atoms with E-state index in [1.807, 2.05) is 0 Å². The molecule has 2 aromatic rings. The van der Waals surface area contributed by atoms with Gasteiger partial charge in [-0.3, -0.25) is 9.88 Å². The zero-order valence-electron chi connectivity index (χ0n) is 11.8. The van der Waals surface area contributed by atoms with Gasteiger partial charge in [-0.05, 0) is 43.9 Å². The number of hydrogen-bond donors (Lipinski definition) is 0. The number of aromatic nitrogens is 1. The number of benzene rings is 1. The lowest BCUT2D eigenvalue weighted by molar-refractivity contribution is 0.163. The Kier molecular flexibility index (Phi) is 4.54. The van der Waals surface area contributed by atoms with E-state index in [9.17, 15) is 0 Å². The Bertz CT molecular complexity index is 568. The lowest BCUT2D eigenvalue weighted by atomic mass is 9.95. The van der Waals surface area contributed by atoms with E-state index in [1.165, 1.54) is 37.0 Å². The number of nitrogens with zero attached hydrogens (tertiary/aromatic N) is 2. The molecule has 0 bridgehead atoms. The van der Waals surface area contributed by atoms with Gasteiger partial charge in [-0.15, -0.1) is 11.6 Å². The molecule has 1 fully saturated rings. The largest absolute Gasteiger partial charge is 0.297 e. The molecule has 1 aromatic heterocycles. The van der Waals surface area contributed by atoms with Crippen molar-refractivity contribution in [2.75, 3.05) is 19.0 Å². The molecule has 2 heterocycles. The van der Waals surface area contributed by atoms with Crippen LogP contribution in [0.4, 0.5) is 0 Å². The van der Waals surface area contributed by atoms with Crippen molar-refractivity contribution in [2.45, 2.75) is 25.8 Å². The van der Waals surface area contributed by atoms with Crippen LogP contribution in [0.1, 0.15) is 25.0 Å². The molecule has 20 heavy (non-hydrogen) atoms. The van der Waals surface area contributed by atoms with Gasteiger partial charge in [-0.2, -0.15) is 0 Å². The molecule has 0 spiro atoms. The minimum atomic E-state index is 0.765. The Balaban J connectivity index is 1.69. The summed E-state index contributed by atoms with van der Waals surface area (Å²) in [5.41, 5.74) is 2.27. The summed E-state index contributed by atoms with van der Waals surface area (Å²) in [5.74, 6) is 1.55. The van der Waals surface area contributed by atoms with Crippen molar-refractivity contribution in [3.8, 4) is 0 Å². The van der Waals surface area contributed by atoms with Crippen molar-refractivity contribution in [1.82, 2.24) is 9.88 Å². The van der Waals surface area contributed by atoms with E-state index in [-0.39, 0.29) is 0 Å². The highest BCUT2D eigenvalue weighted by Crippen LogP contribution is 2.22. The van der Waals surface area contributed by atoms with E-state index in [0.29, 0.717) is 0 Å². The number of likely N-dealkylation sites (tertiary alicyclic amines) is 1. The number of hydrogen-bond acceptors (Lipinski definition) is 2. The van der Waals surface area contributed by atoms with E-state index in [0.717, 1.165) is 30.3 Å². The number of fused-ring (bicyclic) bond motifs is 1. The number of alkyl halides is 1. The Morgan fingerprint density at radius 2 is 2.10 bits per heavy atom. The minimum Gasteiger partial charge on any atom is -0.297 e. The third-order valence-electron chi connectivity index (χ3n) is 4.16. The maximum Gasteiger partial charge on any atom is 0.0705 e. The maximum absolute atomic E-state index is 5.88. The summed E-state index contributed by atoms with van der Waals surface area (Å²) in [6.07, 6.45) is 3.76. The summed E-state index contributed by atoms with van der Waals surface area (Å²) < 4.78 is 0. The summed E-state index contributed by atoms with van der Waals surface area (Å²) in [7, 11) is 0. The van der Waals surface area contributed by atoms with Crippen molar-refractivity contribution in [3.63, 3.8) is 0 Å². The van der Waals surface area contributed by atoms with Gasteiger partial charge in [0.15, 0.2) is 0 Å². The number of rotatable bonds is 4. The van der Waals surface area contributed by atoms with Gasteiger partial charge in [-0.1, -0.05) is 24.3 Å². The van der Waals surface area contributed by atoms with Crippen LogP contribution in [0.2, 0.25) is 0 Å². The van der Waals surface area contributed by atoms with Crippen LogP contribution >= 0.6 is 11.6 Å². The van der Waals surface area contributed by atoms with Crippen LogP contribution in [0.15, 0.2) is 36.4 Å². The smallest absolute Gasteiger partial charge is 0.0705 e. The zero-order valence-corrected chi connectivity index (χ0v) is 12.5. The molecule has 106 valence electrons. The van der Waals surface area contributed by atoms with E-state index in [1.54, 1.807) is 0 Å². The van der Waals surface area contributed by atoms with Gasteiger partial charge in [0, 0.05) is 24.4 Å². The van der Waals surface area contributed by atoms with Gasteiger partial charge in [0.05, 0.1) is 11.2 Å². The molecule has 3 rings (SSSR count). The van der Waals surface area contributed by atoms with Crippen molar-refractivity contribution in [3.05, 3.63) is 42.1 Å². The first-order chi connectivity index (χ1) is 9.85. The van der Waals surface area contributed by atoms with E-state index in [2.05, 4.69) is 41.3 Å². The molecule has 1 aromatic carbocycles. The Labute approximate surface area is 125 Å². The Hall–Kier alpha value is -1.12. The molecule has 0 N–H and O–H groups in total. The van der Waals surface area contributed by atoms with Crippen LogP contribution in [0.3, 0.4) is 0 Å². The normalized spacial score (nSPS) is 20.4. The van der Waals surface area contributed by atoms with Crippen LogP contribution in [0, 0.1) is 5.92 Å². The first-order valence-corrected chi connectivity index (χ1v) is 8.01. The van der Waals surface area contributed by atoms with Gasteiger partial charge >= 0.3 is 0 Å². The fourth-order valence-corrected chi connectivity index (χ4v) is 3.42. The van der Waals surface area contributed by atoms with Crippen LogP contribution in [-0.2, 0) is 6.54 Å². The molecule has 1 atom stereocenters. The third-order valence-corrected chi connectivity index (χ3v) is 4.38. The molecule has 1 aliphatic rings. The van der Waals surface area contributed by atoms with Crippen molar-refractivity contribution in [1.29, 1.82) is 0 Å². The van der Waals surface area contributed by atoms with Crippen molar-refractivity contribution in [2.24, 2.45) is 5.92 Å². The van der Waals surface area contributed by atoms with E-state index in [4.69, 9.17) is 16.6 Å². The summed E-state index contributed by atoms with van der Waals surface area (Å²) in [4.78, 5) is 7.30. The second-order valence-electron chi connectivity index (χ2n) is 5.72. The molecule has 0 radical (unpaired) electrons. The average Bonchev–Trinajstić information content (AvgIpc) is 2.48.